The first-order chi connectivity index (χ1) is 9.69. The van der Waals surface area contributed by atoms with E-state index in [0.717, 1.165) is 18.4 Å². The summed E-state index contributed by atoms with van der Waals surface area (Å²) < 4.78 is 0. The van der Waals surface area contributed by atoms with E-state index < -0.39 is 0 Å². The van der Waals surface area contributed by atoms with Gasteiger partial charge in [0.1, 0.15) is 0 Å². The molecule has 2 rings (SSSR count). The molecule has 1 saturated carbocycles. The second-order valence-electron chi connectivity index (χ2n) is 5.44. The van der Waals surface area contributed by atoms with Crippen molar-refractivity contribution in [1.29, 1.82) is 0 Å². The maximum absolute atomic E-state index is 12.2. The average molecular weight is 271 g/mol. The summed E-state index contributed by atoms with van der Waals surface area (Å²) in [4.78, 5) is 12.2. The fourth-order valence-corrected chi connectivity index (χ4v) is 2.57. The highest BCUT2D eigenvalue weighted by Gasteiger charge is 2.22. The van der Waals surface area contributed by atoms with Gasteiger partial charge < -0.3 is 10.4 Å². The number of aliphatic hydroxyl groups excluding tert-OH is 1. The van der Waals surface area contributed by atoms with Crippen LogP contribution in [-0.2, 0) is 0 Å². The molecule has 0 aliphatic heterocycles. The van der Waals surface area contributed by atoms with Crippen molar-refractivity contribution in [2.45, 2.75) is 38.6 Å². The third-order valence-electron chi connectivity index (χ3n) is 3.62. The minimum absolute atomic E-state index is 0.0186. The van der Waals surface area contributed by atoms with Gasteiger partial charge in [-0.15, -0.1) is 0 Å². The van der Waals surface area contributed by atoms with Gasteiger partial charge in [0.25, 0.3) is 5.91 Å². The molecule has 0 spiro atoms. The topological polar surface area (TPSA) is 49.3 Å². The minimum atomic E-state index is -0.0186. The highest BCUT2D eigenvalue weighted by atomic mass is 16.2. The zero-order valence-corrected chi connectivity index (χ0v) is 11.9. The summed E-state index contributed by atoms with van der Waals surface area (Å²) in [6.07, 6.45) is 3.79. The van der Waals surface area contributed by atoms with Crippen LogP contribution in [0, 0.1) is 17.8 Å². The van der Waals surface area contributed by atoms with Crippen molar-refractivity contribution in [3.05, 3.63) is 35.4 Å². The molecule has 0 radical (unpaired) electrons. The zero-order chi connectivity index (χ0) is 14.4. The van der Waals surface area contributed by atoms with Crippen LogP contribution in [0.1, 0.15) is 48.5 Å². The van der Waals surface area contributed by atoms with Crippen LogP contribution in [0.3, 0.4) is 0 Å². The van der Waals surface area contributed by atoms with E-state index in [4.69, 9.17) is 5.11 Å². The molecule has 0 bridgehead atoms. The second kappa shape index (κ2) is 7.12. The predicted molar refractivity (Wildman–Crippen MR) is 79.3 cm³/mol. The third kappa shape index (κ3) is 4.11. The van der Waals surface area contributed by atoms with E-state index in [9.17, 15) is 4.79 Å². The Kier molecular flexibility index (Phi) is 5.20. The zero-order valence-electron chi connectivity index (χ0n) is 11.9. The van der Waals surface area contributed by atoms with E-state index in [-0.39, 0.29) is 12.5 Å². The predicted octanol–water partition coefficient (Wildman–Crippen LogP) is 2.34. The van der Waals surface area contributed by atoms with Crippen LogP contribution >= 0.6 is 0 Å². The highest BCUT2D eigenvalue weighted by Crippen LogP contribution is 2.24. The van der Waals surface area contributed by atoms with Gasteiger partial charge in [0.2, 0.25) is 0 Å². The maximum atomic E-state index is 12.2. The van der Waals surface area contributed by atoms with E-state index in [1.54, 1.807) is 6.07 Å². The molecule has 2 unspecified atom stereocenters. The molecule has 2 N–H and O–H groups in total. The molecule has 1 aromatic rings. The Hall–Kier alpha value is -1.79. The van der Waals surface area contributed by atoms with Crippen molar-refractivity contribution in [3.8, 4) is 11.8 Å². The summed E-state index contributed by atoms with van der Waals surface area (Å²) in [6, 6.07) is 7.64. The van der Waals surface area contributed by atoms with Gasteiger partial charge in [-0.2, -0.15) is 0 Å². The Morgan fingerprint density at radius 1 is 1.45 bits per heavy atom. The Labute approximate surface area is 120 Å². The molecule has 1 aromatic carbocycles. The third-order valence-corrected chi connectivity index (χ3v) is 3.62. The number of carbonyl (C=O) groups excluding carboxylic acids is 1. The normalized spacial score (nSPS) is 21.1. The van der Waals surface area contributed by atoms with Crippen LogP contribution in [0.2, 0.25) is 0 Å². The summed E-state index contributed by atoms with van der Waals surface area (Å²) in [6.45, 7) is 2.29. The molecule has 1 aliphatic rings. The lowest BCUT2D eigenvalue weighted by molar-refractivity contribution is 0.0937. The first kappa shape index (κ1) is 14.6. The summed E-state index contributed by atoms with van der Waals surface area (Å²) >= 11 is 0. The van der Waals surface area contributed by atoms with E-state index in [1.165, 1.54) is 6.42 Å². The first-order valence-electron chi connectivity index (χ1n) is 7.19. The second-order valence-corrected chi connectivity index (χ2v) is 5.44. The summed E-state index contributed by atoms with van der Waals surface area (Å²) in [5.41, 5.74) is 1.46. The van der Waals surface area contributed by atoms with Gasteiger partial charge >= 0.3 is 0 Å². The molecule has 20 heavy (non-hydrogen) atoms. The summed E-state index contributed by atoms with van der Waals surface area (Å²) in [7, 11) is 0. The molecule has 3 nitrogen and oxygen atoms in total. The molecular formula is C17H21NO2. The summed E-state index contributed by atoms with van der Waals surface area (Å²) in [5, 5.41) is 11.8. The number of hydrogen-bond donors (Lipinski definition) is 2. The fraction of sp³-hybridized carbons (Fsp3) is 0.471. The van der Waals surface area contributed by atoms with Gasteiger partial charge in [0.15, 0.2) is 0 Å². The smallest absolute Gasteiger partial charge is 0.251 e. The standard InChI is InChI=1S/C17H21NO2/c1-13-8-9-16(11-13)18-17(20)15-7-4-6-14(12-15)5-2-3-10-19/h4,6-7,12-13,16,19H,3,8-11H2,1H3,(H,18,20). The average Bonchev–Trinajstić information content (AvgIpc) is 2.85. The Morgan fingerprint density at radius 3 is 3.00 bits per heavy atom. The number of carbonyl (C=O) groups is 1. The number of hydrogen-bond acceptors (Lipinski definition) is 2. The van der Waals surface area contributed by atoms with Crippen molar-refractivity contribution in [2.24, 2.45) is 5.92 Å². The number of amides is 1. The molecule has 0 saturated heterocycles. The van der Waals surface area contributed by atoms with E-state index in [1.807, 2.05) is 18.2 Å². The molecule has 0 aromatic heterocycles. The van der Waals surface area contributed by atoms with E-state index in [0.29, 0.717) is 23.9 Å². The van der Waals surface area contributed by atoms with Crippen LogP contribution in [0.5, 0.6) is 0 Å². The molecule has 3 heteroatoms. The molecule has 106 valence electrons. The van der Waals surface area contributed by atoms with Crippen molar-refractivity contribution < 1.29 is 9.90 Å². The Balaban J connectivity index is 1.99. The quantitative estimate of drug-likeness (QED) is 0.829. The highest BCUT2D eigenvalue weighted by molar-refractivity contribution is 5.94. The largest absolute Gasteiger partial charge is 0.395 e. The Bertz CT molecular complexity index is 527. The van der Waals surface area contributed by atoms with Crippen molar-refractivity contribution >= 4 is 5.91 Å². The van der Waals surface area contributed by atoms with Gasteiger partial charge in [-0.3, -0.25) is 4.79 Å². The van der Waals surface area contributed by atoms with Gasteiger partial charge in [-0.1, -0.05) is 24.8 Å². The SMILES string of the molecule is CC1CCC(NC(=O)c2cccc(C#CCCO)c2)C1. The van der Waals surface area contributed by atoms with Gasteiger partial charge in [0, 0.05) is 23.6 Å². The maximum Gasteiger partial charge on any atom is 0.251 e. The van der Waals surface area contributed by atoms with Crippen molar-refractivity contribution in [3.63, 3.8) is 0 Å². The lowest BCUT2D eigenvalue weighted by Crippen LogP contribution is -2.32. The van der Waals surface area contributed by atoms with Gasteiger partial charge in [-0.05, 0) is 43.4 Å². The van der Waals surface area contributed by atoms with Crippen LogP contribution < -0.4 is 5.32 Å². The van der Waals surface area contributed by atoms with Crippen LogP contribution in [0.4, 0.5) is 0 Å². The lowest BCUT2D eigenvalue weighted by Gasteiger charge is -2.12. The molecule has 0 heterocycles. The monoisotopic (exact) mass is 271 g/mol. The molecule has 2 atom stereocenters. The van der Waals surface area contributed by atoms with Crippen LogP contribution in [-0.4, -0.2) is 23.7 Å². The molecule has 1 aliphatic carbocycles. The van der Waals surface area contributed by atoms with Crippen molar-refractivity contribution in [1.82, 2.24) is 5.32 Å². The fourth-order valence-electron chi connectivity index (χ4n) is 2.57. The lowest BCUT2D eigenvalue weighted by atomic mass is 10.1. The minimum Gasteiger partial charge on any atom is -0.395 e. The number of aliphatic hydroxyl groups is 1. The first-order valence-corrected chi connectivity index (χ1v) is 7.19. The molecule has 1 amide bonds. The van der Waals surface area contributed by atoms with E-state index >= 15 is 0 Å². The van der Waals surface area contributed by atoms with Crippen LogP contribution in [0.25, 0.3) is 0 Å². The Morgan fingerprint density at radius 2 is 2.30 bits per heavy atom. The van der Waals surface area contributed by atoms with Gasteiger partial charge in [-0.25, -0.2) is 0 Å². The number of benzene rings is 1. The molecule has 1 fully saturated rings. The van der Waals surface area contributed by atoms with Crippen molar-refractivity contribution in [2.75, 3.05) is 6.61 Å². The van der Waals surface area contributed by atoms with Crippen LogP contribution in [0.15, 0.2) is 24.3 Å². The van der Waals surface area contributed by atoms with E-state index in [2.05, 4.69) is 24.1 Å². The number of nitrogens with one attached hydrogen (secondary N) is 1. The molecular weight excluding hydrogens is 250 g/mol. The van der Waals surface area contributed by atoms with Gasteiger partial charge in [0.05, 0.1) is 6.61 Å². The summed E-state index contributed by atoms with van der Waals surface area (Å²) in [5.74, 6) is 6.50. The number of rotatable bonds is 3.